The molecule has 0 aromatic heterocycles. The summed E-state index contributed by atoms with van der Waals surface area (Å²) in [5.41, 5.74) is 1.52. The summed E-state index contributed by atoms with van der Waals surface area (Å²) in [6.07, 6.45) is 14.6. The van der Waals surface area contributed by atoms with Gasteiger partial charge in [0.15, 0.2) is 0 Å². The zero-order valence-electron chi connectivity index (χ0n) is 90.9. The molecule has 0 N–H and O–H groups in total. The molecule has 139 heavy (non-hydrogen) atoms. The van der Waals surface area contributed by atoms with E-state index in [4.69, 9.17) is 56.8 Å². The minimum atomic E-state index is -0.532. The number of thioether (sulfide) groups is 10. The molecule has 0 aliphatic heterocycles. The van der Waals surface area contributed by atoms with Crippen molar-refractivity contribution < 1.29 is 114 Å². The van der Waals surface area contributed by atoms with Gasteiger partial charge in [-0.05, 0) is 88.3 Å². The molecule has 0 spiro atoms. The molecule has 0 fully saturated rings. The van der Waals surface area contributed by atoms with E-state index in [9.17, 15) is 57.5 Å². The first-order valence-corrected chi connectivity index (χ1v) is 55.9. The van der Waals surface area contributed by atoms with Crippen LogP contribution in [0.25, 0.3) is 0 Å². The topological polar surface area (TPSA) is 316 Å². The second kappa shape index (κ2) is 89.6. The van der Waals surface area contributed by atoms with E-state index >= 15 is 0 Å². The third kappa shape index (κ3) is 152. The Morgan fingerprint density at radius 2 is 0.460 bits per heavy atom. The van der Waals surface area contributed by atoms with Crippen molar-refractivity contribution in [2.75, 3.05) is 126 Å². The van der Waals surface area contributed by atoms with Gasteiger partial charge in [-0.1, -0.05) is 287 Å². The molecule has 0 aromatic rings. The van der Waals surface area contributed by atoms with Crippen LogP contribution in [0, 0.1) is 27.1 Å². The maximum absolute atomic E-state index is 11.2. The number of carbonyl (C=O) groups is 12. The van der Waals surface area contributed by atoms with Crippen LogP contribution in [0.15, 0.2) is 152 Å². The fraction of sp³-hybridized carbons (Fsp3) is 0.657. The van der Waals surface area contributed by atoms with Crippen LogP contribution < -0.4 is 0 Å². The maximum atomic E-state index is 11.2. The van der Waals surface area contributed by atoms with Gasteiger partial charge in [-0.15, -0.1) is 23.5 Å². The lowest BCUT2D eigenvalue weighted by molar-refractivity contribution is -0.151. The molecule has 0 saturated heterocycles. The average molecular weight is 2150 g/mol. The molecule has 4 unspecified atom stereocenters. The fourth-order valence-corrected chi connectivity index (χ4v) is 15.9. The number of carbonyl (C=O) groups excluding carboxylic acids is 12. The summed E-state index contributed by atoms with van der Waals surface area (Å²) >= 11 is 17.4. The van der Waals surface area contributed by atoms with Gasteiger partial charge in [0.25, 0.3) is 0 Å². The SMILES string of the molecule is C=CC(=O)OC(C)CSC(C)(C)C.C=CC(=O)OC(C)CSCC(C)(C)C.C=CC(=O)OCC(CSC(C)(C)C)OC(=O)C=C.C=CC(=O)OCC(CSCC(C)(C)C)OC(=O)C=C.C=CC(=O)OCCCSC(C)(C)C.C=CC(=O)OCCCSCC(C)(C)C.C=CC(=O)OCCSC(C)(C)C.C=CC(=O)OCCSCC(C)(C)C.C=CC(=O)OCSC(C)(C)C.C=CC(=O)OCSCC(C)(C)C. The molecule has 0 aliphatic rings. The van der Waals surface area contributed by atoms with Crippen LogP contribution in [0.4, 0.5) is 0 Å². The summed E-state index contributed by atoms with van der Waals surface area (Å²) < 4.78 is 59.9. The average Bonchev–Trinajstić information content (AvgIpc) is 0.912. The Balaban J connectivity index is -0.000000167. The number of hydrogen-bond donors (Lipinski definition) is 0. The summed E-state index contributed by atoms with van der Waals surface area (Å²) in [4.78, 5) is 130. The molecule has 0 aliphatic carbocycles. The summed E-state index contributed by atoms with van der Waals surface area (Å²) in [5.74, 6) is 7.73. The first-order valence-electron chi connectivity index (χ1n) is 45.2. The van der Waals surface area contributed by atoms with Crippen molar-refractivity contribution in [2.24, 2.45) is 27.1 Å². The molecule has 34 heteroatoms. The number of esters is 12. The molecule has 806 valence electrons. The van der Waals surface area contributed by atoms with Crippen molar-refractivity contribution in [3.63, 3.8) is 0 Å². The molecule has 0 rings (SSSR count). The van der Waals surface area contributed by atoms with Crippen molar-refractivity contribution in [3.8, 4) is 0 Å². The van der Waals surface area contributed by atoms with Gasteiger partial charge in [-0.3, -0.25) is 0 Å². The predicted octanol–water partition coefficient (Wildman–Crippen LogP) is 25.4. The van der Waals surface area contributed by atoms with E-state index < -0.39 is 36.1 Å². The minimum absolute atomic E-state index is 0.0213. The highest BCUT2D eigenvalue weighted by atomic mass is 32.2. The fourth-order valence-electron chi connectivity index (χ4n) is 6.88. The quantitative estimate of drug-likeness (QED) is 0.0179. The van der Waals surface area contributed by atoms with Crippen LogP contribution in [0.1, 0.15) is 234 Å². The third-order valence-electron chi connectivity index (χ3n) is 12.9. The second-order valence-corrected chi connectivity index (χ2v) is 54.7. The van der Waals surface area contributed by atoms with Gasteiger partial charge in [0, 0.05) is 137 Å². The van der Waals surface area contributed by atoms with E-state index in [1.54, 1.807) is 82.3 Å². The second-order valence-electron chi connectivity index (χ2n) is 40.2. The van der Waals surface area contributed by atoms with Gasteiger partial charge in [0.05, 0.1) is 13.2 Å². The summed E-state index contributed by atoms with van der Waals surface area (Å²) in [5, 5.41) is 0. The van der Waals surface area contributed by atoms with Crippen molar-refractivity contribution in [1.29, 1.82) is 0 Å². The molecular weight excluding hydrogens is 1970 g/mol. The van der Waals surface area contributed by atoms with Gasteiger partial charge >= 0.3 is 71.6 Å². The lowest BCUT2D eigenvalue weighted by Gasteiger charge is -2.22. The minimum Gasteiger partial charge on any atom is -0.463 e. The lowest BCUT2D eigenvalue weighted by atomic mass is 10.0. The highest BCUT2D eigenvalue weighted by molar-refractivity contribution is 8.02. The Morgan fingerprint density at radius 1 is 0.223 bits per heavy atom. The van der Waals surface area contributed by atoms with Crippen LogP contribution >= 0.6 is 118 Å². The monoisotopic (exact) mass is 2150 g/mol. The lowest BCUT2D eigenvalue weighted by Crippen LogP contribution is -2.28. The highest BCUT2D eigenvalue weighted by Crippen LogP contribution is 2.30. The first-order chi connectivity index (χ1) is 63.5. The number of rotatable bonds is 51. The molecular formula is C105H182O24S10. The standard InChI is InChI=1S/C14H22O4S.C13H20O4S.2C11H20O2S.3C10H18O2S.2C9H16O2S.C8H14O2S/c1-6-12(15)17-8-11(18-13(16)7-2)9-19-10-14(3,4)5;1-6-11(14)16-8-10(17-12(15)7-2)9-18-13(3,4)5;1-6-10(12)13-9(2)7-14-8-11(3,4)5;1-5-10(12)13-7-6-8-14-9-11(2,3)4;1-6-9(11)12-8(2)7-13-10(3,4)5;1-5-9(11)12-6-7-13-8-10(2,3)4;1-5-9(11)12-7-6-8-13-10(2,3)4;1-5-8(10)11-7-12-6-9(2,3)4;1-5-8(10)11-6-7-12-9(2,3)4;1-5-7(9)10-6-11-8(2,3)4/h6-7,11H,1-2,8-10H2,3-5H3;6-7,10H,1-2,8-9H2,3-5H3;6,9H,1,7-8H2,2-5H3;5H,1,6-9H2,2-4H3;6,8H,1,7H2,2-5H3;2*5H,1,6-8H2,2-4H3;2*5H,1,6-7H2,2-4H3;5H,1,6H2,2-4H3. The van der Waals surface area contributed by atoms with Crippen LogP contribution in [0.3, 0.4) is 0 Å². The Hall–Kier alpha value is -5.98. The molecule has 0 amide bonds. The largest absolute Gasteiger partial charge is 0.463 e. The molecule has 0 saturated carbocycles. The Bertz CT molecular complexity index is 3410. The van der Waals surface area contributed by atoms with E-state index in [1.807, 2.05) is 49.1 Å². The van der Waals surface area contributed by atoms with Gasteiger partial charge < -0.3 is 56.8 Å². The van der Waals surface area contributed by atoms with Crippen LogP contribution in [0.2, 0.25) is 0 Å². The molecule has 0 bridgehead atoms. The smallest absolute Gasteiger partial charge is 0.330 e. The Labute approximate surface area is 884 Å². The van der Waals surface area contributed by atoms with E-state index in [0.717, 1.165) is 100 Å². The summed E-state index contributed by atoms with van der Waals surface area (Å²) in [6.45, 7) is 110. The molecule has 0 aromatic carbocycles. The third-order valence-corrected chi connectivity index (χ3v) is 27.5. The zero-order valence-corrected chi connectivity index (χ0v) is 99.0. The Kier molecular flexibility index (Phi) is 98.8. The van der Waals surface area contributed by atoms with Crippen LogP contribution in [0.5, 0.6) is 0 Å². The van der Waals surface area contributed by atoms with Crippen molar-refractivity contribution in [1.82, 2.24) is 0 Å². The first kappa shape index (κ1) is 153. The van der Waals surface area contributed by atoms with Crippen molar-refractivity contribution in [2.45, 2.75) is 283 Å². The highest BCUT2D eigenvalue weighted by Gasteiger charge is 2.23. The van der Waals surface area contributed by atoms with E-state index in [1.165, 1.54) is 48.6 Å². The summed E-state index contributed by atoms with van der Waals surface area (Å²) in [7, 11) is 0. The predicted molar refractivity (Wildman–Crippen MR) is 605 cm³/mol. The Morgan fingerprint density at radius 3 is 0.784 bits per heavy atom. The van der Waals surface area contributed by atoms with E-state index in [0.29, 0.717) is 70.8 Å². The normalized spacial score (nSPS) is 11.8. The van der Waals surface area contributed by atoms with Gasteiger partial charge in [-0.2, -0.15) is 94.1 Å². The van der Waals surface area contributed by atoms with Crippen LogP contribution in [-0.4, -0.2) is 246 Å². The molecule has 24 nitrogen and oxygen atoms in total. The van der Waals surface area contributed by atoms with Gasteiger partial charge in [0.1, 0.15) is 62.7 Å². The van der Waals surface area contributed by atoms with Crippen molar-refractivity contribution >= 4 is 189 Å². The summed E-state index contributed by atoms with van der Waals surface area (Å²) in [6, 6.07) is 0. The zero-order chi connectivity index (χ0) is 111. The number of hydrogen-bond acceptors (Lipinski definition) is 34. The van der Waals surface area contributed by atoms with E-state index in [-0.39, 0.29) is 103 Å². The number of ether oxygens (including phenoxy) is 12. The van der Waals surface area contributed by atoms with Crippen molar-refractivity contribution in [3.05, 3.63) is 152 Å². The molecule has 4 atom stereocenters. The molecule has 0 radical (unpaired) electrons. The maximum Gasteiger partial charge on any atom is 0.330 e. The molecule has 0 heterocycles. The van der Waals surface area contributed by atoms with Gasteiger partial charge in [-0.25, -0.2) is 57.5 Å². The van der Waals surface area contributed by atoms with E-state index in [2.05, 4.69) is 287 Å². The van der Waals surface area contributed by atoms with Gasteiger partial charge in [0.2, 0.25) is 0 Å². The van der Waals surface area contributed by atoms with Crippen LogP contribution in [-0.2, 0) is 114 Å².